The Bertz CT molecular complexity index is 475. The van der Waals surface area contributed by atoms with E-state index in [1.54, 1.807) is 0 Å². The van der Waals surface area contributed by atoms with E-state index in [1.165, 1.54) is 7.11 Å². The molecular weight excluding hydrogens is 240 g/mol. The minimum Gasteiger partial charge on any atom is -0.469 e. The van der Waals surface area contributed by atoms with Crippen LogP contribution in [0, 0.1) is 27.7 Å². The van der Waals surface area contributed by atoms with Gasteiger partial charge in [-0.2, -0.15) is 0 Å². The highest BCUT2D eigenvalue weighted by Crippen LogP contribution is 2.23. The molecule has 1 aromatic carbocycles. The van der Waals surface area contributed by atoms with Gasteiger partial charge in [-0.1, -0.05) is 6.07 Å². The number of methoxy groups -OCH3 is 1. The Hall–Kier alpha value is -1.64. The predicted molar refractivity (Wildman–Crippen MR) is 75.6 cm³/mol. The smallest absolute Gasteiger partial charge is 0.305 e. The highest BCUT2D eigenvalue weighted by molar-refractivity contribution is 5.99. The lowest BCUT2D eigenvalue weighted by molar-refractivity contribution is -0.140. The summed E-state index contributed by atoms with van der Waals surface area (Å²) in [5, 5.41) is 0. The zero-order valence-corrected chi connectivity index (χ0v) is 12.4. The Morgan fingerprint density at radius 2 is 1.53 bits per heavy atom. The molecule has 0 aliphatic carbocycles. The molecule has 0 saturated heterocycles. The van der Waals surface area contributed by atoms with Crippen LogP contribution in [0.2, 0.25) is 0 Å². The summed E-state index contributed by atoms with van der Waals surface area (Å²) in [7, 11) is 1.36. The van der Waals surface area contributed by atoms with Crippen molar-refractivity contribution in [1.29, 1.82) is 0 Å². The summed E-state index contributed by atoms with van der Waals surface area (Å²) in [6.45, 7) is 8.00. The third-order valence-corrected chi connectivity index (χ3v) is 3.66. The van der Waals surface area contributed by atoms with Crippen molar-refractivity contribution in [2.45, 2.75) is 47.0 Å². The summed E-state index contributed by atoms with van der Waals surface area (Å²) < 4.78 is 4.57. The zero-order chi connectivity index (χ0) is 14.6. The number of benzene rings is 1. The first kappa shape index (κ1) is 15.4. The van der Waals surface area contributed by atoms with Crippen molar-refractivity contribution in [2.75, 3.05) is 7.11 Å². The van der Waals surface area contributed by atoms with Gasteiger partial charge in [-0.05, 0) is 56.4 Å². The monoisotopic (exact) mass is 262 g/mol. The molecule has 1 rings (SSSR count). The van der Waals surface area contributed by atoms with E-state index in [0.29, 0.717) is 19.3 Å². The van der Waals surface area contributed by atoms with Gasteiger partial charge >= 0.3 is 5.97 Å². The van der Waals surface area contributed by atoms with Gasteiger partial charge in [-0.15, -0.1) is 0 Å². The van der Waals surface area contributed by atoms with E-state index in [9.17, 15) is 9.59 Å². The Morgan fingerprint density at radius 3 is 2.00 bits per heavy atom. The molecule has 0 aromatic heterocycles. The van der Waals surface area contributed by atoms with Gasteiger partial charge in [-0.25, -0.2) is 0 Å². The summed E-state index contributed by atoms with van der Waals surface area (Å²) >= 11 is 0. The molecular formula is C16H22O3. The second-order valence-corrected chi connectivity index (χ2v) is 4.99. The number of ether oxygens (including phenoxy) is 1. The van der Waals surface area contributed by atoms with Crippen molar-refractivity contribution in [2.24, 2.45) is 0 Å². The molecule has 0 heterocycles. The lowest BCUT2D eigenvalue weighted by atomic mass is 9.90. The lowest BCUT2D eigenvalue weighted by Gasteiger charge is -2.14. The Morgan fingerprint density at radius 1 is 1.00 bits per heavy atom. The topological polar surface area (TPSA) is 43.4 Å². The second kappa shape index (κ2) is 6.50. The van der Waals surface area contributed by atoms with Gasteiger partial charge in [0.2, 0.25) is 0 Å². The average molecular weight is 262 g/mol. The van der Waals surface area contributed by atoms with Crippen molar-refractivity contribution < 1.29 is 14.3 Å². The average Bonchev–Trinajstić information content (AvgIpc) is 2.36. The van der Waals surface area contributed by atoms with E-state index < -0.39 is 0 Å². The van der Waals surface area contributed by atoms with Gasteiger partial charge in [0.05, 0.1) is 7.11 Å². The molecule has 3 nitrogen and oxygen atoms in total. The Balaban J connectivity index is 2.85. The highest BCUT2D eigenvalue weighted by Gasteiger charge is 2.15. The Labute approximate surface area is 115 Å². The van der Waals surface area contributed by atoms with Gasteiger partial charge < -0.3 is 4.74 Å². The van der Waals surface area contributed by atoms with E-state index in [-0.39, 0.29) is 11.8 Å². The number of hydrogen-bond donors (Lipinski definition) is 0. The van der Waals surface area contributed by atoms with E-state index >= 15 is 0 Å². The minimum atomic E-state index is -0.262. The maximum absolute atomic E-state index is 12.3. The van der Waals surface area contributed by atoms with Crippen LogP contribution in [0.3, 0.4) is 0 Å². The quantitative estimate of drug-likeness (QED) is 0.603. The standard InChI is InChI=1S/C16H22O3/c1-10-9-11(2)13(4)16(12(10)3)14(17)7-6-8-15(18)19-5/h9H,6-8H2,1-5H3. The number of aryl methyl sites for hydroxylation is 2. The van der Waals surface area contributed by atoms with Crippen LogP contribution in [0.5, 0.6) is 0 Å². The van der Waals surface area contributed by atoms with Crippen LogP contribution in [-0.2, 0) is 9.53 Å². The molecule has 0 saturated carbocycles. The van der Waals surface area contributed by atoms with Crippen LogP contribution in [0.15, 0.2) is 6.07 Å². The molecule has 0 amide bonds. The maximum atomic E-state index is 12.3. The lowest BCUT2D eigenvalue weighted by Crippen LogP contribution is -2.09. The number of carbonyl (C=O) groups excluding carboxylic acids is 2. The normalized spacial score (nSPS) is 10.4. The molecule has 0 bridgehead atoms. The van der Waals surface area contributed by atoms with Crippen LogP contribution in [0.4, 0.5) is 0 Å². The van der Waals surface area contributed by atoms with Gasteiger partial charge in [-0.3, -0.25) is 9.59 Å². The SMILES string of the molecule is COC(=O)CCCC(=O)c1c(C)c(C)cc(C)c1C. The summed E-state index contributed by atoms with van der Waals surface area (Å²) in [6, 6.07) is 2.11. The summed E-state index contributed by atoms with van der Waals surface area (Å²) in [6.07, 6.45) is 1.22. The minimum absolute atomic E-state index is 0.116. The van der Waals surface area contributed by atoms with Gasteiger partial charge in [0.1, 0.15) is 0 Å². The van der Waals surface area contributed by atoms with Crippen molar-refractivity contribution in [3.8, 4) is 0 Å². The van der Waals surface area contributed by atoms with E-state index in [2.05, 4.69) is 10.8 Å². The number of hydrogen-bond acceptors (Lipinski definition) is 3. The zero-order valence-electron chi connectivity index (χ0n) is 12.4. The molecule has 0 atom stereocenters. The molecule has 104 valence electrons. The van der Waals surface area contributed by atoms with E-state index in [0.717, 1.165) is 27.8 Å². The summed E-state index contributed by atoms with van der Waals surface area (Å²) in [5.74, 6) is -0.146. The first-order valence-corrected chi connectivity index (χ1v) is 6.56. The third kappa shape index (κ3) is 3.66. The van der Waals surface area contributed by atoms with Crippen molar-refractivity contribution in [3.63, 3.8) is 0 Å². The third-order valence-electron chi connectivity index (χ3n) is 3.66. The summed E-state index contributed by atoms with van der Waals surface area (Å²) in [5.41, 5.74) is 5.19. The summed E-state index contributed by atoms with van der Waals surface area (Å²) in [4.78, 5) is 23.3. The molecule has 3 heteroatoms. The molecule has 0 fully saturated rings. The maximum Gasteiger partial charge on any atom is 0.305 e. The van der Waals surface area contributed by atoms with Crippen molar-refractivity contribution in [1.82, 2.24) is 0 Å². The van der Waals surface area contributed by atoms with Gasteiger partial charge in [0.25, 0.3) is 0 Å². The second-order valence-electron chi connectivity index (χ2n) is 4.99. The first-order valence-electron chi connectivity index (χ1n) is 6.56. The van der Waals surface area contributed by atoms with Crippen LogP contribution < -0.4 is 0 Å². The molecule has 0 N–H and O–H groups in total. The van der Waals surface area contributed by atoms with Crippen LogP contribution in [0.1, 0.15) is 51.9 Å². The van der Waals surface area contributed by atoms with Crippen molar-refractivity contribution >= 4 is 11.8 Å². The Kier molecular flexibility index (Phi) is 5.28. The molecule has 0 radical (unpaired) electrons. The molecule has 0 aliphatic heterocycles. The molecule has 19 heavy (non-hydrogen) atoms. The number of ketones is 1. The predicted octanol–water partition coefficient (Wildman–Crippen LogP) is 3.45. The largest absolute Gasteiger partial charge is 0.469 e. The van der Waals surface area contributed by atoms with Crippen LogP contribution in [-0.4, -0.2) is 18.9 Å². The highest BCUT2D eigenvalue weighted by atomic mass is 16.5. The fraction of sp³-hybridized carbons (Fsp3) is 0.500. The molecule has 0 spiro atoms. The number of Topliss-reactive ketones (excluding diaryl/α,β-unsaturated/α-hetero) is 1. The molecule has 1 aromatic rings. The number of esters is 1. The first-order chi connectivity index (χ1) is 8.88. The van der Waals surface area contributed by atoms with Crippen LogP contribution >= 0.6 is 0 Å². The molecule has 0 aliphatic rings. The number of carbonyl (C=O) groups is 2. The number of rotatable bonds is 5. The van der Waals surface area contributed by atoms with E-state index in [1.807, 2.05) is 27.7 Å². The van der Waals surface area contributed by atoms with Gasteiger partial charge in [0.15, 0.2) is 5.78 Å². The van der Waals surface area contributed by atoms with Crippen molar-refractivity contribution in [3.05, 3.63) is 33.9 Å². The fourth-order valence-corrected chi connectivity index (χ4v) is 2.26. The van der Waals surface area contributed by atoms with Gasteiger partial charge in [0, 0.05) is 18.4 Å². The fourth-order valence-electron chi connectivity index (χ4n) is 2.26. The molecule has 0 unspecified atom stereocenters. The van der Waals surface area contributed by atoms with E-state index in [4.69, 9.17) is 0 Å². The van der Waals surface area contributed by atoms with Crippen LogP contribution in [0.25, 0.3) is 0 Å².